The topological polar surface area (TPSA) is 56.2 Å². The van der Waals surface area contributed by atoms with Gasteiger partial charge in [0.15, 0.2) is 11.3 Å². The third-order valence-electron chi connectivity index (χ3n) is 1.89. The van der Waals surface area contributed by atoms with E-state index in [0.717, 1.165) is 10.6 Å². The van der Waals surface area contributed by atoms with Crippen LogP contribution < -0.4 is 5.73 Å². The predicted molar refractivity (Wildman–Crippen MR) is 53.1 cm³/mol. The third-order valence-corrected chi connectivity index (χ3v) is 1.89. The van der Waals surface area contributed by atoms with Gasteiger partial charge < -0.3 is 5.73 Å². The summed E-state index contributed by atoms with van der Waals surface area (Å²) in [6.45, 7) is 0.212. The summed E-state index contributed by atoms with van der Waals surface area (Å²) in [5, 5.41) is 3.37. The summed E-state index contributed by atoms with van der Waals surface area (Å²) >= 11 is 0. The highest BCUT2D eigenvalue weighted by Crippen LogP contribution is 2.28. The maximum Gasteiger partial charge on any atom is 0.435 e. The first kappa shape index (κ1) is 12.7. The number of aromatic nitrogens is 3. The van der Waals surface area contributed by atoms with E-state index in [-0.39, 0.29) is 24.6 Å². The van der Waals surface area contributed by atoms with Gasteiger partial charge in [0.1, 0.15) is 0 Å². The van der Waals surface area contributed by atoms with Crippen molar-refractivity contribution in [1.82, 2.24) is 14.6 Å². The van der Waals surface area contributed by atoms with Gasteiger partial charge in [-0.2, -0.15) is 18.3 Å². The van der Waals surface area contributed by atoms with Crippen LogP contribution in [-0.4, -0.2) is 14.6 Å². The van der Waals surface area contributed by atoms with Crippen LogP contribution in [0.25, 0.3) is 5.65 Å². The van der Waals surface area contributed by atoms with Crippen LogP contribution in [0.15, 0.2) is 18.5 Å². The third kappa shape index (κ3) is 2.25. The summed E-state index contributed by atoms with van der Waals surface area (Å²) in [6.07, 6.45) is -1.59. The maximum atomic E-state index is 12.3. The fraction of sp³-hybridized carbons (Fsp3) is 0.250. The molecular weight excluding hydrogens is 245 g/mol. The molecule has 8 heteroatoms. The van der Waals surface area contributed by atoms with Crippen LogP contribution in [0.2, 0.25) is 0 Å². The lowest BCUT2D eigenvalue weighted by Gasteiger charge is -1.99. The Labute approximate surface area is 94.7 Å². The molecule has 0 saturated heterocycles. The number of hydrogen-bond acceptors (Lipinski definition) is 3. The minimum atomic E-state index is -4.45. The Kier molecular flexibility index (Phi) is 3.39. The van der Waals surface area contributed by atoms with E-state index in [1.165, 1.54) is 12.4 Å². The lowest BCUT2D eigenvalue weighted by atomic mass is 10.3. The number of rotatable bonds is 1. The molecule has 88 valence electrons. The van der Waals surface area contributed by atoms with Crippen molar-refractivity contribution >= 4 is 18.1 Å². The predicted octanol–water partition coefficient (Wildman–Crippen LogP) is 1.63. The van der Waals surface area contributed by atoms with Gasteiger partial charge in [-0.15, -0.1) is 12.4 Å². The molecule has 0 atom stereocenters. The molecule has 0 unspecified atom stereocenters. The van der Waals surface area contributed by atoms with Crippen LogP contribution in [-0.2, 0) is 12.7 Å². The monoisotopic (exact) mass is 252 g/mol. The molecule has 0 aromatic carbocycles. The van der Waals surface area contributed by atoms with Crippen molar-refractivity contribution in [3.63, 3.8) is 0 Å². The van der Waals surface area contributed by atoms with Gasteiger partial charge in [0.25, 0.3) is 0 Å². The fourth-order valence-electron chi connectivity index (χ4n) is 1.16. The highest BCUT2D eigenvalue weighted by Gasteiger charge is 2.34. The lowest BCUT2D eigenvalue weighted by molar-refractivity contribution is -0.141. The Hall–Kier alpha value is -1.34. The quantitative estimate of drug-likeness (QED) is 0.839. The second-order valence-electron chi connectivity index (χ2n) is 3.00. The van der Waals surface area contributed by atoms with Gasteiger partial charge in [0.05, 0.1) is 0 Å². The molecular formula is C8H8ClF3N4. The molecule has 2 aromatic rings. The number of nitrogens with two attached hydrogens (primary N) is 1. The number of alkyl halides is 3. The molecule has 0 bridgehead atoms. The standard InChI is InChI=1S/C8H7F3N4.ClH/c9-8(10,11)6-1-7-13-3-5(2-12)4-15(7)14-6;/h1,3-4H,2,12H2;1H. The normalized spacial score (nSPS) is 11.5. The van der Waals surface area contributed by atoms with Gasteiger partial charge >= 0.3 is 6.18 Å². The largest absolute Gasteiger partial charge is 0.435 e. The lowest BCUT2D eigenvalue weighted by Crippen LogP contribution is -2.06. The SMILES string of the molecule is Cl.NCc1cnc2cc(C(F)(F)F)nn2c1. The van der Waals surface area contributed by atoms with E-state index in [0.29, 0.717) is 5.56 Å². The van der Waals surface area contributed by atoms with Crippen molar-refractivity contribution < 1.29 is 13.2 Å². The van der Waals surface area contributed by atoms with Crippen molar-refractivity contribution in [1.29, 1.82) is 0 Å². The van der Waals surface area contributed by atoms with E-state index in [2.05, 4.69) is 10.1 Å². The van der Waals surface area contributed by atoms with Crippen molar-refractivity contribution in [3.8, 4) is 0 Å². The molecule has 0 fully saturated rings. The number of hydrogen-bond donors (Lipinski definition) is 1. The van der Waals surface area contributed by atoms with Gasteiger partial charge in [0, 0.05) is 30.6 Å². The van der Waals surface area contributed by atoms with Crippen LogP contribution in [0.4, 0.5) is 13.2 Å². The minimum absolute atomic E-state index is 0. The zero-order valence-electron chi connectivity index (χ0n) is 7.90. The molecule has 0 aliphatic rings. The minimum Gasteiger partial charge on any atom is -0.326 e. The molecule has 0 amide bonds. The summed E-state index contributed by atoms with van der Waals surface area (Å²) < 4.78 is 37.9. The van der Waals surface area contributed by atoms with Crippen molar-refractivity contribution in [2.24, 2.45) is 5.73 Å². The Morgan fingerprint density at radius 3 is 2.62 bits per heavy atom. The Morgan fingerprint density at radius 1 is 1.38 bits per heavy atom. The van der Waals surface area contributed by atoms with Gasteiger partial charge in [-0.1, -0.05) is 0 Å². The van der Waals surface area contributed by atoms with Crippen molar-refractivity contribution in [3.05, 3.63) is 29.7 Å². The zero-order chi connectivity index (χ0) is 11.1. The molecule has 16 heavy (non-hydrogen) atoms. The summed E-state index contributed by atoms with van der Waals surface area (Å²) in [6, 6.07) is 0.889. The molecule has 0 spiro atoms. The van der Waals surface area contributed by atoms with Gasteiger partial charge in [-0.25, -0.2) is 9.50 Å². The first-order valence-electron chi connectivity index (χ1n) is 4.12. The first-order valence-corrected chi connectivity index (χ1v) is 4.12. The Morgan fingerprint density at radius 2 is 2.06 bits per heavy atom. The fourth-order valence-corrected chi connectivity index (χ4v) is 1.16. The average Bonchev–Trinajstić information content (AvgIpc) is 2.59. The van der Waals surface area contributed by atoms with E-state index in [1.54, 1.807) is 0 Å². The highest BCUT2D eigenvalue weighted by atomic mass is 35.5. The summed E-state index contributed by atoms with van der Waals surface area (Å²) in [5.41, 5.74) is 5.15. The molecule has 2 rings (SSSR count). The molecule has 2 aromatic heterocycles. The van der Waals surface area contributed by atoms with E-state index >= 15 is 0 Å². The molecule has 2 N–H and O–H groups in total. The second kappa shape index (κ2) is 4.26. The Balaban J connectivity index is 0.00000128. The van der Waals surface area contributed by atoms with Crippen LogP contribution in [0.1, 0.15) is 11.3 Å². The summed E-state index contributed by atoms with van der Waals surface area (Å²) in [7, 11) is 0. The highest BCUT2D eigenvalue weighted by molar-refractivity contribution is 5.85. The van der Waals surface area contributed by atoms with Gasteiger partial charge in [-0.3, -0.25) is 0 Å². The van der Waals surface area contributed by atoms with Crippen LogP contribution in [0, 0.1) is 0 Å². The summed E-state index contributed by atoms with van der Waals surface area (Å²) in [4.78, 5) is 3.81. The van der Waals surface area contributed by atoms with Gasteiger partial charge in [0.2, 0.25) is 0 Å². The molecule has 0 aliphatic carbocycles. The molecule has 0 aliphatic heterocycles. The first-order chi connectivity index (χ1) is 7.00. The van der Waals surface area contributed by atoms with Crippen LogP contribution in [0.5, 0.6) is 0 Å². The average molecular weight is 253 g/mol. The van der Waals surface area contributed by atoms with E-state index in [1.807, 2.05) is 0 Å². The van der Waals surface area contributed by atoms with Crippen molar-refractivity contribution in [2.45, 2.75) is 12.7 Å². The van der Waals surface area contributed by atoms with Crippen LogP contribution >= 0.6 is 12.4 Å². The summed E-state index contributed by atoms with van der Waals surface area (Å²) in [5.74, 6) is 0. The van der Waals surface area contributed by atoms with Crippen LogP contribution in [0.3, 0.4) is 0 Å². The van der Waals surface area contributed by atoms with Gasteiger partial charge in [-0.05, 0) is 0 Å². The maximum absolute atomic E-state index is 12.3. The van der Waals surface area contributed by atoms with E-state index < -0.39 is 11.9 Å². The molecule has 0 saturated carbocycles. The number of halogens is 4. The molecule has 4 nitrogen and oxygen atoms in total. The smallest absolute Gasteiger partial charge is 0.326 e. The van der Waals surface area contributed by atoms with E-state index in [9.17, 15) is 13.2 Å². The molecule has 0 radical (unpaired) electrons. The second-order valence-corrected chi connectivity index (χ2v) is 3.00. The molecule has 2 heterocycles. The van der Waals surface area contributed by atoms with Crippen molar-refractivity contribution in [2.75, 3.05) is 0 Å². The Bertz CT molecular complexity index is 493. The zero-order valence-corrected chi connectivity index (χ0v) is 8.72. The van der Waals surface area contributed by atoms with E-state index in [4.69, 9.17) is 5.73 Å². The number of nitrogens with zero attached hydrogens (tertiary/aromatic N) is 3. The number of fused-ring (bicyclic) bond motifs is 1.